The van der Waals surface area contributed by atoms with Crippen LogP contribution in [0, 0.1) is 11.7 Å². The normalized spacial score (nSPS) is 11.3. The van der Waals surface area contributed by atoms with Gasteiger partial charge in [-0.15, -0.1) is 0 Å². The molecule has 0 fully saturated rings. The van der Waals surface area contributed by atoms with Crippen LogP contribution < -0.4 is 11.0 Å². The number of carbonyl (C=O) groups is 1. The zero-order chi connectivity index (χ0) is 16.1. The summed E-state index contributed by atoms with van der Waals surface area (Å²) in [6.45, 7) is 3.81. The standard InChI is InChI=1S/C15H16N4O2S/c1-9-3-5-11(6-4-9)10(2)18-19-14(21)8-12-7-13(20)17-15(22)16-12/h3-7H,8H2,1-2H3,(H,19,21)(H2,16,17,20,22)/b18-10-. The Morgan fingerprint density at radius 1 is 1.27 bits per heavy atom. The fourth-order valence-electron chi connectivity index (χ4n) is 1.83. The molecule has 0 atom stereocenters. The number of amides is 1. The van der Waals surface area contributed by atoms with Crippen LogP contribution in [0.5, 0.6) is 0 Å². The summed E-state index contributed by atoms with van der Waals surface area (Å²) in [5, 5.41) is 4.06. The fourth-order valence-corrected chi connectivity index (χ4v) is 2.06. The Bertz CT molecular complexity index is 790. The monoisotopic (exact) mass is 316 g/mol. The van der Waals surface area contributed by atoms with Crippen LogP contribution in [0.3, 0.4) is 0 Å². The highest BCUT2D eigenvalue weighted by Crippen LogP contribution is 2.04. The second kappa shape index (κ2) is 6.95. The molecule has 0 aliphatic rings. The number of hydrazone groups is 1. The third kappa shape index (κ3) is 4.49. The molecule has 1 aromatic heterocycles. The van der Waals surface area contributed by atoms with E-state index < -0.39 is 0 Å². The third-order valence-electron chi connectivity index (χ3n) is 2.98. The number of hydrogen-bond acceptors (Lipinski definition) is 4. The Labute approximate surface area is 132 Å². The van der Waals surface area contributed by atoms with Gasteiger partial charge in [-0.1, -0.05) is 29.8 Å². The van der Waals surface area contributed by atoms with Crippen molar-refractivity contribution in [1.82, 2.24) is 15.4 Å². The zero-order valence-electron chi connectivity index (χ0n) is 12.3. The smallest absolute Gasteiger partial charge is 0.251 e. The molecule has 2 aromatic rings. The fraction of sp³-hybridized carbons (Fsp3) is 0.200. The van der Waals surface area contributed by atoms with Crippen molar-refractivity contribution in [2.45, 2.75) is 20.3 Å². The van der Waals surface area contributed by atoms with E-state index in [2.05, 4.69) is 20.5 Å². The lowest BCUT2D eigenvalue weighted by Gasteiger charge is -2.04. The molecule has 0 unspecified atom stereocenters. The zero-order valence-corrected chi connectivity index (χ0v) is 13.1. The molecule has 7 heteroatoms. The molecule has 0 saturated heterocycles. The van der Waals surface area contributed by atoms with Gasteiger partial charge in [0.05, 0.1) is 12.1 Å². The van der Waals surface area contributed by atoms with Crippen molar-refractivity contribution in [1.29, 1.82) is 0 Å². The number of aromatic amines is 2. The molecule has 0 aliphatic heterocycles. The van der Waals surface area contributed by atoms with Crippen LogP contribution in [0.15, 0.2) is 40.2 Å². The first-order valence-electron chi connectivity index (χ1n) is 6.67. The molecule has 114 valence electrons. The Balaban J connectivity index is 2.02. The van der Waals surface area contributed by atoms with Gasteiger partial charge in [0, 0.05) is 11.8 Å². The molecule has 0 spiro atoms. The number of nitrogens with one attached hydrogen (secondary N) is 3. The molecule has 0 bridgehead atoms. The molecular weight excluding hydrogens is 300 g/mol. The maximum Gasteiger partial charge on any atom is 0.251 e. The van der Waals surface area contributed by atoms with E-state index in [4.69, 9.17) is 12.2 Å². The number of nitrogens with zero attached hydrogens (tertiary/aromatic N) is 1. The minimum Gasteiger partial charge on any atom is -0.335 e. The highest BCUT2D eigenvalue weighted by atomic mass is 32.1. The molecule has 0 saturated carbocycles. The number of aromatic nitrogens is 2. The topological polar surface area (TPSA) is 90.1 Å². The molecule has 3 N–H and O–H groups in total. The first kappa shape index (κ1) is 15.8. The van der Waals surface area contributed by atoms with E-state index >= 15 is 0 Å². The van der Waals surface area contributed by atoms with Crippen molar-refractivity contribution < 1.29 is 4.79 Å². The van der Waals surface area contributed by atoms with Crippen LogP contribution in [0.2, 0.25) is 0 Å². The molecule has 0 radical (unpaired) electrons. The van der Waals surface area contributed by atoms with E-state index in [9.17, 15) is 9.59 Å². The van der Waals surface area contributed by atoms with Crippen molar-refractivity contribution >= 4 is 23.8 Å². The van der Waals surface area contributed by atoms with E-state index in [1.165, 1.54) is 6.07 Å². The van der Waals surface area contributed by atoms with Gasteiger partial charge in [0.15, 0.2) is 4.77 Å². The minimum absolute atomic E-state index is 0.00175. The lowest BCUT2D eigenvalue weighted by Crippen LogP contribution is -2.23. The largest absolute Gasteiger partial charge is 0.335 e. The summed E-state index contributed by atoms with van der Waals surface area (Å²) < 4.78 is 0.189. The summed E-state index contributed by atoms with van der Waals surface area (Å²) in [5.41, 5.74) is 5.35. The maximum absolute atomic E-state index is 11.8. The van der Waals surface area contributed by atoms with Crippen LogP contribution >= 0.6 is 12.2 Å². The second-order valence-corrected chi connectivity index (χ2v) is 5.30. The van der Waals surface area contributed by atoms with Gasteiger partial charge in [-0.2, -0.15) is 5.10 Å². The SMILES string of the molecule is C/C(=N/NC(=O)Cc1cc(=O)[nH]c(=S)[nH]1)c1ccc(C)cc1. The Morgan fingerprint density at radius 2 is 1.95 bits per heavy atom. The van der Waals surface area contributed by atoms with Gasteiger partial charge in [-0.05, 0) is 31.6 Å². The minimum atomic E-state index is -0.342. The van der Waals surface area contributed by atoms with Gasteiger partial charge in [0.1, 0.15) is 0 Å². The van der Waals surface area contributed by atoms with Gasteiger partial charge in [0.2, 0.25) is 5.91 Å². The van der Waals surface area contributed by atoms with Gasteiger partial charge >= 0.3 is 0 Å². The van der Waals surface area contributed by atoms with Gasteiger partial charge in [-0.25, -0.2) is 5.43 Å². The molecule has 1 heterocycles. The van der Waals surface area contributed by atoms with Crippen molar-refractivity contribution in [3.8, 4) is 0 Å². The van der Waals surface area contributed by atoms with Gasteiger partial charge in [0.25, 0.3) is 5.56 Å². The maximum atomic E-state index is 11.8. The van der Waals surface area contributed by atoms with Crippen LogP contribution in [0.4, 0.5) is 0 Å². The summed E-state index contributed by atoms with van der Waals surface area (Å²) in [7, 11) is 0. The molecule has 22 heavy (non-hydrogen) atoms. The van der Waals surface area contributed by atoms with Crippen LogP contribution in [0.25, 0.3) is 0 Å². The summed E-state index contributed by atoms with van der Waals surface area (Å²) in [6, 6.07) is 9.13. The van der Waals surface area contributed by atoms with Crippen molar-refractivity contribution in [3.63, 3.8) is 0 Å². The summed E-state index contributed by atoms with van der Waals surface area (Å²) in [5.74, 6) is -0.331. The summed E-state index contributed by atoms with van der Waals surface area (Å²) >= 11 is 4.85. The highest BCUT2D eigenvalue weighted by Gasteiger charge is 2.04. The Morgan fingerprint density at radius 3 is 2.59 bits per heavy atom. The van der Waals surface area contributed by atoms with Crippen molar-refractivity contribution in [3.05, 3.63) is 62.3 Å². The number of aryl methyl sites for hydroxylation is 1. The second-order valence-electron chi connectivity index (χ2n) is 4.89. The molecule has 6 nitrogen and oxygen atoms in total. The van der Waals surface area contributed by atoms with Crippen LogP contribution in [-0.4, -0.2) is 21.6 Å². The molecular formula is C15H16N4O2S. The third-order valence-corrected chi connectivity index (χ3v) is 3.19. The highest BCUT2D eigenvalue weighted by molar-refractivity contribution is 7.71. The number of hydrogen-bond donors (Lipinski definition) is 3. The van der Waals surface area contributed by atoms with E-state index in [1.54, 1.807) is 0 Å². The van der Waals surface area contributed by atoms with Crippen molar-refractivity contribution in [2.24, 2.45) is 5.10 Å². The molecule has 1 aromatic carbocycles. The van der Waals surface area contributed by atoms with Gasteiger partial charge in [-0.3, -0.25) is 14.6 Å². The predicted molar refractivity (Wildman–Crippen MR) is 87.5 cm³/mol. The van der Waals surface area contributed by atoms with E-state index in [-0.39, 0.29) is 22.7 Å². The quantitative estimate of drug-likeness (QED) is 0.456. The number of H-pyrrole nitrogens is 2. The van der Waals surface area contributed by atoms with E-state index in [0.29, 0.717) is 11.4 Å². The average molecular weight is 316 g/mol. The lowest BCUT2D eigenvalue weighted by atomic mass is 10.1. The lowest BCUT2D eigenvalue weighted by molar-refractivity contribution is -0.120. The van der Waals surface area contributed by atoms with Crippen LogP contribution in [-0.2, 0) is 11.2 Å². The van der Waals surface area contributed by atoms with Gasteiger partial charge < -0.3 is 4.98 Å². The molecule has 2 rings (SSSR count). The predicted octanol–water partition coefficient (Wildman–Crippen LogP) is 1.82. The molecule has 0 aliphatic carbocycles. The Kier molecular flexibility index (Phi) is 5.00. The first-order valence-corrected chi connectivity index (χ1v) is 7.07. The van der Waals surface area contributed by atoms with E-state index in [0.717, 1.165) is 11.1 Å². The Hall–Kier alpha value is -2.54. The van der Waals surface area contributed by atoms with Crippen LogP contribution in [0.1, 0.15) is 23.7 Å². The average Bonchev–Trinajstić information content (AvgIpc) is 2.44. The number of carbonyl (C=O) groups excluding carboxylic acids is 1. The summed E-state index contributed by atoms with van der Waals surface area (Å²) in [6.07, 6.45) is -0.00175. The van der Waals surface area contributed by atoms with Crippen molar-refractivity contribution in [2.75, 3.05) is 0 Å². The first-order chi connectivity index (χ1) is 10.4. The number of benzene rings is 1. The summed E-state index contributed by atoms with van der Waals surface area (Å²) in [4.78, 5) is 28.3. The number of rotatable bonds is 4. The molecule has 1 amide bonds. The van der Waals surface area contributed by atoms with E-state index in [1.807, 2.05) is 38.1 Å².